The average molecular weight is 385 g/mol. The van der Waals surface area contributed by atoms with Gasteiger partial charge in [-0.3, -0.25) is 14.4 Å². The molecule has 6 heteroatoms. The Hall–Kier alpha value is -2.73. The molecule has 0 aliphatic carbocycles. The topological polar surface area (TPSA) is 80.5 Å². The summed E-state index contributed by atoms with van der Waals surface area (Å²) >= 11 is 3.36. The van der Waals surface area contributed by atoms with Crippen molar-refractivity contribution >= 4 is 45.3 Å². The third-order valence-electron chi connectivity index (χ3n) is 3.69. The van der Waals surface area contributed by atoms with Crippen LogP contribution in [0.4, 0.5) is 5.69 Å². The number of benzene rings is 2. The lowest BCUT2D eigenvalue weighted by Gasteiger charge is -2.16. The molecule has 0 unspecified atom stereocenters. The predicted molar refractivity (Wildman–Crippen MR) is 94.3 cm³/mol. The molecular formula is C18H13BrN2O3. The zero-order valence-corrected chi connectivity index (χ0v) is 14.1. The fourth-order valence-electron chi connectivity index (χ4n) is 2.53. The molecule has 0 spiro atoms. The van der Waals surface area contributed by atoms with Gasteiger partial charge in [0.25, 0.3) is 11.7 Å². The number of nitrogens with two attached hydrogens (primary N) is 1. The summed E-state index contributed by atoms with van der Waals surface area (Å²) in [6.07, 6.45) is 2.72. The predicted octanol–water partition coefficient (Wildman–Crippen LogP) is 2.68. The number of nitrogens with zero attached hydrogens (tertiary/aromatic N) is 1. The first kappa shape index (κ1) is 16.1. The number of carbonyl (C=O) groups is 3. The molecule has 24 heavy (non-hydrogen) atoms. The van der Waals surface area contributed by atoms with Crippen LogP contribution < -0.4 is 10.6 Å². The number of hydrogen-bond donors (Lipinski definition) is 1. The van der Waals surface area contributed by atoms with Crippen LogP contribution in [0.2, 0.25) is 0 Å². The maximum absolute atomic E-state index is 12.3. The summed E-state index contributed by atoms with van der Waals surface area (Å²) in [5.74, 6) is -1.67. The number of anilines is 1. The first-order valence-electron chi connectivity index (χ1n) is 7.18. The first-order valence-corrected chi connectivity index (χ1v) is 7.97. The standard InChI is InChI=1S/C18H13BrN2O3/c19-13-5-1-12(2-6-13)10-21-15-7-3-11(4-8-16(20)22)9-14(15)17(23)18(21)24/h1-9H,10H2,(H2,20,22)/b8-4+. The number of Topliss-reactive ketones (excluding diaryl/α,β-unsaturated/α-hetero) is 1. The number of halogens is 1. The summed E-state index contributed by atoms with van der Waals surface area (Å²) in [5.41, 5.74) is 7.53. The Kier molecular flexibility index (Phi) is 4.31. The maximum Gasteiger partial charge on any atom is 0.299 e. The van der Waals surface area contributed by atoms with Gasteiger partial charge in [-0.2, -0.15) is 0 Å². The molecule has 0 fully saturated rings. The third-order valence-corrected chi connectivity index (χ3v) is 4.22. The van der Waals surface area contributed by atoms with E-state index in [1.54, 1.807) is 18.2 Å². The van der Waals surface area contributed by atoms with Crippen LogP contribution in [0.5, 0.6) is 0 Å². The molecular weight excluding hydrogens is 372 g/mol. The van der Waals surface area contributed by atoms with Gasteiger partial charge in [0.2, 0.25) is 5.91 Å². The van der Waals surface area contributed by atoms with Gasteiger partial charge in [0.05, 0.1) is 17.8 Å². The molecule has 1 aliphatic rings. The van der Waals surface area contributed by atoms with E-state index in [2.05, 4.69) is 15.9 Å². The molecule has 3 rings (SSSR count). The Morgan fingerprint density at radius 1 is 1.12 bits per heavy atom. The Bertz CT molecular complexity index is 872. The number of hydrogen-bond acceptors (Lipinski definition) is 3. The summed E-state index contributed by atoms with van der Waals surface area (Å²) < 4.78 is 0.946. The lowest BCUT2D eigenvalue weighted by molar-refractivity contribution is -0.114. The lowest BCUT2D eigenvalue weighted by atomic mass is 10.1. The van der Waals surface area contributed by atoms with Crippen LogP contribution in [-0.4, -0.2) is 17.6 Å². The van der Waals surface area contributed by atoms with Crippen LogP contribution in [0.1, 0.15) is 21.5 Å². The summed E-state index contributed by atoms with van der Waals surface area (Å²) in [6, 6.07) is 12.6. The number of rotatable bonds is 4. The number of carbonyl (C=O) groups excluding carboxylic acids is 3. The minimum atomic E-state index is -0.574. The summed E-state index contributed by atoms with van der Waals surface area (Å²) in [6.45, 7) is 0.321. The monoisotopic (exact) mass is 384 g/mol. The zero-order chi connectivity index (χ0) is 17.3. The highest BCUT2D eigenvalue weighted by molar-refractivity contribution is 9.10. The summed E-state index contributed by atoms with van der Waals surface area (Å²) in [7, 11) is 0. The molecule has 0 radical (unpaired) electrons. The molecule has 120 valence electrons. The van der Waals surface area contributed by atoms with Gasteiger partial charge >= 0.3 is 0 Å². The van der Waals surface area contributed by atoms with Crippen molar-refractivity contribution in [2.45, 2.75) is 6.54 Å². The van der Waals surface area contributed by atoms with Gasteiger partial charge in [0.15, 0.2) is 0 Å². The number of fused-ring (bicyclic) bond motifs is 1. The molecule has 1 aliphatic heterocycles. The molecule has 0 saturated heterocycles. The van der Waals surface area contributed by atoms with Crippen molar-refractivity contribution in [1.29, 1.82) is 0 Å². The highest BCUT2D eigenvalue weighted by Gasteiger charge is 2.35. The van der Waals surface area contributed by atoms with Crippen LogP contribution in [0.15, 0.2) is 53.0 Å². The SMILES string of the molecule is NC(=O)/C=C/c1ccc2c(c1)C(=O)C(=O)N2Cc1ccc(Br)cc1. The van der Waals surface area contributed by atoms with E-state index in [1.165, 1.54) is 17.1 Å². The fourth-order valence-corrected chi connectivity index (χ4v) is 2.79. The third kappa shape index (κ3) is 3.14. The molecule has 1 heterocycles. The van der Waals surface area contributed by atoms with Crippen molar-refractivity contribution < 1.29 is 14.4 Å². The highest BCUT2D eigenvalue weighted by Crippen LogP contribution is 2.31. The van der Waals surface area contributed by atoms with Crippen LogP contribution in [0.3, 0.4) is 0 Å². The van der Waals surface area contributed by atoms with E-state index in [4.69, 9.17) is 5.73 Å². The van der Waals surface area contributed by atoms with Crippen LogP contribution in [-0.2, 0) is 16.1 Å². The van der Waals surface area contributed by atoms with Gasteiger partial charge in [0.1, 0.15) is 0 Å². The van der Waals surface area contributed by atoms with Gasteiger partial charge in [-0.1, -0.05) is 34.1 Å². The van der Waals surface area contributed by atoms with Crippen LogP contribution in [0.25, 0.3) is 6.08 Å². The average Bonchev–Trinajstić information content (AvgIpc) is 2.80. The second kappa shape index (κ2) is 6.41. The molecule has 0 atom stereocenters. The minimum absolute atomic E-state index is 0.321. The Morgan fingerprint density at radius 2 is 1.83 bits per heavy atom. The van der Waals surface area contributed by atoms with E-state index >= 15 is 0 Å². The van der Waals surface area contributed by atoms with E-state index < -0.39 is 17.6 Å². The largest absolute Gasteiger partial charge is 0.366 e. The van der Waals surface area contributed by atoms with Crippen LogP contribution in [0, 0.1) is 0 Å². The molecule has 5 nitrogen and oxygen atoms in total. The van der Waals surface area contributed by atoms with Crippen molar-refractivity contribution in [2.24, 2.45) is 5.73 Å². The van der Waals surface area contributed by atoms with Crippen molar-refractivity contribution in [2.75, 3.05) is 4.90 Å². The number of ketones is 1. The Balaban J connectivity index is 1.92. The van der Waals surface area contributed by atoms with Crippen molar-refractivity contribution in [3.05, 3.63) is 69.7 Å². The molecule has 2 aromatic rings. The quantitative estimate of drug-likeness (QED) is 0.649. The van der Waals surface area contributed by atoms with Gasteiger partial charge in [-0.15, -0.1) is 0 Å². The van der Waals surface area contributed by atoms with Crippen molar-refractivity contribution in [3.8, 4) is 0 Å². The number of amides is 2. The second-order valence-electron chi connectivity index (χ2n) is 5.36. The van der Waals surface area contributed by atoms with E-state index in [0.717, 1.165) is 10.0 Å². The second-order valence-corrected chi connectivity index (χ2v) is 6.27. The van der Waals surface area contributed by atoms with Gasteiger partial charge in [-0.05, 0) is 41.5 Å². The van der Waals surface area contributed by atoms with Gasteiger partial charge in [-0.25, -0.2) is 0 Å². The Labute approximate surface area is 146 Å². The highest BCUT2D eigenvalue weighted by atomic mass is 79.9. The van der Waals surface area contributed by atoms with E-state index in [9.17, 15) is 14.4 Å². The Morgan fingerprint density at radius 3 is 2.50 bits per heavy atom. The zero-order valence-electron chi connectivity index (χ0n) is 12.5. The molecule has 2 aromatic carbocycles. The molecule has 0 bridgehead atoms. The van der Waals surface area contributed by atoms with Crippen molar-refractivity contribution in [3.63, 3.8) is 0 Å². The van der Waals surface area contributed by atoms with Gasteiger partial charge < -0.3 is 10.6 Å². The van der Waals surface area contributed by atoms with Crippen molar-refractivity contribution in [1.82, 2.24) is 0 Å². The summed E-state index contributed by atoms with van der Waals surface area (Å²) in [4.78, 5) is 36.8. The lowest BCUT2D eigenvalue weighted by Crippen LogP contribution is -2.29. The smallest absolute Gasteiger partial charge is 0.299 e. The molecule has 2 N–H and O–H groups in total. The molecule has 0 aromatic heterocycles. The van der Waals surface area contributed by atoms with Crippen LogP contribution >= 0.6 is 15.9 Å². The molecule has 2 amide bonds. The van der Waals surface area contributed by atoms with E-state index in [0.29, 0.717) is 23.4 Å². The fraction of sp³-hybridized carbons (Fsp3) is 0.0556. The normalized spacial score (nSPS) is 13.6. The van der Waals surface area contributed by atoms with E-state index in [-0.39, 0.29) is 0 Å². The number of primary amides is 1. The summed E-state index contributed by atoms with van der Waals surface area (Å²) in [5, 5.41) is 0. The molecule has 0 saturated carbocycles. The van der Waals surface area contributed by atoms with E-state index in [1.807, 2.05) is 24.3 Å². The van der Waals surface area contributed by atoms with Gasteiger partial charge in [0, 0.05) is 10.5 Å². The first-order chi connectivity index (χ1) is 11.5. The minimum Gasteiger partial charge on any atom is -0.366 e. The maximum atomic E-state index is 12.3.